The number of rotatable bonds is 1. The van der Waals surface area contributed by atoms with E-state index >= 15 is 0 Å². The summed E-state index contributed by atoms with van der Waals surface area (Å²) in [7, 11) is 0. The van der Waals surface area contributed by atoms with Crippen LogP contribution in [0.15, 0.2) is 23.1 Å². The Kier molecular flexibility index (Phi) is 2.02. The van der Waals surface area contributed by atoms with E-state index in [9.17, 15) is 13.2 Å². The van der Waals surface area contributed by atoms with Crippen LogP contribution in [0, 0.1) is 0 Å². The quantitative estimate of drug-likeness (QED) is 0.729. The van der Waals surface area contributed by atoms with Crippen LogP contribution in [0.1, 0.15) is 4.88 Å². The number of alkyl halides is 3. The summed E-state index contributed by atoms with van der Waals surface area (Å²) in [5, 5.41) is 3.52. The Morgan fingerprint density at radius 3 is 2.82 bits per heavy atom. The van der Waals surface area contributed by atoms with Gasteiger partial charge in [0.2, 0.25) is 0 Å². The number of fused-ring (bicyclic) bond motifs is 1. The first-order chi connectivity index (χ1) is 8.07. The van der Waals surface area contributed by atoms with Gasteiger partial charge in [-0.25, -0.2) is 0 Å². The maximum Gasteiger partial charge on any atom is 0.427 e. The van der Waals surface area contributed by atoms with Gasteiger partial charge >= 0.3 is 6.18 Å². The lowest BCUT2D eigenvalue weighted by atomic mass is 10.1. The van der Waals surface area contributed by atoms with Gasteiger partial charge in [0.05, 0.1) is 6.20 Å². The molecule has 0 fully saturated rings. The highest BCUT2D eigenvalue weighted by Gasteiger charge is 2.37. The molecule has 0 aliphatic heterocycles. The highest BCUT2D eigenvalue weighted by molar-refractivity contribution is 7.06. The Morgan fingerprint density at radius 2 is 2.06 bits per heavy atom. The fraction of sp³-hybridized carbons (Fsp3) is 0.111. The van der Waals surface area contributed by atoms with Crippen molar-refractivity contribution in [3.63, 3.8) is 0 Å². The fourth-order valence-electron chi connectivity index (χ4n) is 1.59. The van der Waals surface area contributed by atoms with Gasteiger partial charge in [-0.3, -0.25) is 0 Å². The summed E-state index contributed by atoms with van der Waals surface area (Å²) in [5.41, 5.74) is 1.18. The van der Waals surface area contributed by atoms with Crippen molar-refractivity contribution >= 4 is 22.6 Å². The van der Waals surface area contributed by atoms with Gasteiger partial charge in [0.1, 0.15) is 10.4 Å². The van der Waals surface area contributed by atoms with E-state index in [1.54, 1.807) is 0 Å². The van der Waals surface area contributed by atoms with Crippen molar-refractivity contribution in [2.75, 3.05) is 0 Å². The molecule has 4 nitrogen and oxygen atoms in total. The second-order valence-electron chi connectivity index (χ2n) is 3.34. The Morgan fingerprint density at radius 1 is 1.24 bits per heavy atom. The van der Waals surface area contributed by atoms with E-state index in [4.69, 9.17) is 4.52 Å². The van der Waals surface area contributed by atoms with E-state index in [0.29, 0.717) is 28.2 Å². The topological polar surface area (TPSA) is 54.7 Å². The van der Waals surface area contributed by atoms with Crippen molar-refractivity contribution in [1.29, 1.82) is 0 Å². The minimum atomic E-state index is -4.42. The Hall–Kier alpha value is -1.83. The van der Waals surface area contributed by atoms with Crippen molar-refractivity contribution in [3.05, 3.63) is 23.5 Å². The molecule has 3 rings (SSSR count). The van der Waals surface area contributed by atoms with Crippen LogP contribution in [-0.2, 0) is 6.18 Å². The molecular formula is C9H4F3N3OS. The van der Waals surface area contributed by atoms with E-state index in [1.807, 2.05) is 0 Å². The van der Waals surface area contributed by atoms with E-state index in [2.05, 4.69) is 14.5 Å². The molecule has 0 atom stereocenters. The molecule has 0 aliphatic rings. The minimum Gasteiger partial charge on any atom is -0.356 e. The molecule has 0 amide bonds. The molecule has 8 heteroatoms. The number of hydrogen-bond acceptors (Lipinski definition) is 4. The predicted molar refractivity (Wildman–Crippen MR) is 54.5 cm³/mol. The third kappa shape index (κ3) is 1.52. The third-order valence-electron chi connectivity index (χ3n) is 2.31. The molecule has 3 aromatic rings. The second kappa shape index (κ2) is 3.33. The van der Waals surface area contributed by atoms with Crippen molar-refractivity contribution < 1.29 is 17.7 Å². The van der Waals surface area contributed by atoms with Crippen LogP contribution in [0.25, 0.3) is 22.2 Å². The molecule has 0 saturated carbocycles. The smallest absolute Gasteiger partial charge is 0.356 e. The second-order valence-corrected chi connectivity index (χ2v) is 4.14. The molecule has 88 valence electrons. The molecular weight excluding hydrogens is 255 g/mol. The minimum absolute atomic E-state index is 0.00509. The van der Waals surface area contributed by atoms with Gasteiger partial charge in [-0.1, -0.05) is 5.16 Å². The zero-order chi connectivity index (χ0) is 12.0. The summed E-state index contributed by atoms with van der Waals surface area (Å²) in [4.78, 5) is 2.05. The highest BCUT2D eigenvalue weighted by Crippen LogP contribution is 2.41. The highest BCUT2D eigenvalue weighted by atomic mass is 32.1. The van der Waals surface area contributed by atoms with Crippen LogP contribution in [0.4, 0.5) is 13.2 Å². The normalized spacial score (nSPS) is 12.4. The standard InChI is InChI=1S/C9H4F3N3OS/c10-9(11,12)8-5(2-15-17-8)4-1-13-6-3-14-16-7(4)6/h1-3,13H. The molecule has 3 heterocycles. The molecule has 0 aliphatic carbocycles. The van der Waals surface area contributed by atoms with Crippen molar-refractivity contribution in [3.8, 4) is 11.1 Å². The monoisotopic (exact) mass is 259 g/mol. The molecule has 0 spiro atoms. The number of halogens is 3. The summed E-state index contributed by atoms with van der Waals surface area (Å²) in [5.74, 6) is 0. The SMILES string of the molecule is FC(F)(F)c1sncc1-c1c[nH]c2cnoc12. The first-order valence-electron chi connectivity index (χ1n) is 4.51. The molecule has 0 aromatic carbocycles. The van der Waals surface area contributed by atoms with Gasteiger partial charge in [0.25, 0.3) is 0 Å². The number of aromatic amines is 1. The molecule has 0 unspecified atom stereocenters. The number of hydrogen-bond donors (Lipinski definition) is 1. The van der Waals surface area contributed by atoms with Crippen LogP contribution in [0.3, 0.4) is 0 Å². The number of nitrogens with one attached hydrogen (secondary N) is 1. The van der Waals surface area contributed by atoms with Crippen molar-refractivity contribution in [1.82, 2.24) is 14.5 Å². The Labute approximate surface area is 96.2 Å². The molecule has 0 bridgehead atoms. The van der Waals surface area contributed by atoms with Crippen LogP contribution >= 0.6 is 11.5 Å². The van der Waals surface area contributed by atoms with Gasteiger partial charge in [0, 0.05) is 23.5 Å². The number of nitrogens with zero attached hydrogens (tertiary/aromatic N) is 2. The number of H-pyrrole nitrogens is 1. The summed E-state index contributed by atoms with van der Waals surface area (Å²) in [6.07, 6.45) is -0.376. The maximum absolute atomic E-state index is 12.7. The third-order valence-corrected chi connectivity index (χ3v) is 3.15. The number of aromatic nitrogens is 3. The average molecular weight is 259 g/mol. The van der Waals surface area contributed by atoms with Crippen molar-refractivity contribution in [2.24, 2.45) is 0 Å². The van der Waals surface area contributed by atoms with E-state index in [1.165, 1.54) is 18.6 Å². The first-order valence-corrected chi connectivity index (χ1v) is 5.28. The lowest BCUT2D eigenvalue weighted by Gasteiger charge is -2.04. The molecule has 3 aromatic heterocycles. The Balaban J connectivity index is 2.24. The van der Waals surface area contributed by atoms with Crippen LogP contribution in [0.2, 0.25) is 0 Å². The van der Waals surface area contributed by atoms with Crippen LogP contribution < -0.4 is 0 Å². The zero-order valence-electron chi connectivity index (χ0n) is 8.08. The van der Waals surface area contributed by atoms with Gasteiger partial charge in [0.15, 0.2) is 5.58 Å². The van der Waals surface area contributed by atoms with E-state index < -0.39 is 11.1 Å². The first kappa shape index (κ1) is 10.3. The predicted octanol–water partition coefficient (Wildman–Crippen LogP) is 3.30. The van der Waals surface area contributed by atoms with Crippen LogP contribution in [-0.4, -0.2) is 14.5 Å². The summed E-state index contributed by atoms with van der Waals surface area (Å²) in [6, 6.07) is 0. The maximum atomic E-state index is 12.7. The average Bonchev–Trinajstić information content (AvgIpc) is 2.90. The van der Waals surface area contributed by atoms with E-state index in [0.717, 1.165) is 0 Å². The zero-order valence-corrected chi connectivity index (χ0v) is 8.89. The lowest BCUT2D eigenvalue weighted by molar-refractivity contribution is -0.133. The van der Waals surface area contributed by atoms with E-state index in [-0.39, 0.29) is 5.56 Å². The van der Waals surface area contributed by atoms with Gasteiger partial charge < -0.3 is 9.51 Å². The summed E-state index contributed by atoms with van der Waals surface area (Å²) in [6.45, 7) is 0. The lowest BCUT2D eigenvalue weighted by Crippen LogP contribution is -2.03. The van der Waals surface area contributed by atoms with Gasteiger partial charge in [-0.15, -0.1) is 0 Å². The molecule has 1 N–H and O–H groups in total. The fourth-order valence-corrected chi connectivity index (χ4v) is 2.22. The summed E-state index contributed by atoms with van der Waals surface area (Å²) >= 11 is 0.415. The molecule has 0 radical (unpaired) electrons. The largest absolute Gasteiger partial charge is 0.427 e. The van der Waals surface area contributed by atoms with Gasteiger partial charge in [-0.05, 0) is 11.5 Å². The Bertz CT molecular complexity index is 666. The van der Waals surface area contributed by atoms with Crippen LogP contribution in [0.5, 0.6) is 0 Å². The van der Waals surface area contributed by atoms with Gasteiger partial charge in [-0.2, -0.15) is 17.5 Å². The van der Waals surface area contributed by atoms with Crippen molar-refractivity contribution in [2.45, 2.75) is 6.18 Å². The summed E-state index contributed by atoms with van der Waals surface area (Å²) < 4.78 is 46.6. The molecule has 0 saturated heterocycles. The molecule has 17 heavy (non-hydrogen) atoms.